The van der Waals surface area contributed by atoms with Crippen molar-refractivity contribution in [3.05, 3.63) is 34.1 Å². The average Bonchev–Trinajstić information content (AvgIpc) is 2.44. The maximum atomic E-state index is 13.3. The molecule has 0 bridgehead atoms. The molecule has 1 fully saturated rings. The lowest BCUT2D eigenvalue weighted by molar-refractivity contribution is -0.165. The third kappa shape index (κ3) is 3.58. The van der Waals surface area contributed by atoms with Crippen LogP contribution in [0.15, 0.2) is 22.7 Å². The maximum Gasteiger partial charge on any atom is 0.123 e. The zero-order valence-corrected chi connectivity index (χ0v) is 13.2. The summed E-state index contributed by atoms with van der Waals surface area (Å²) >= 11 is 3.40. The number of aliphatic hydroxyl groups is 1. The van der Waals surface area contributed by atoms with Gasteiger partial charge in [0.2, 0.25) is 0 Å². The van der Waals surface area contributed by atoms with Crippen molar-refractivity contribution in [2.75, 3.05) is 19.8 Å². The minimum absolute atomic E-state index is 0.298. The van der Waals surface area contributed by atoms with E-state index in [1.165, 1.54) is 12.1 Å². The first kappa shape index (κ1) is 15.9. The molecule has 1 heterocycles. The van der Waals surface area contributed by atoms with Crippen LogP contribution in [-0.2, 0) is 15.9 Å². The highest BCUT2D eigenvalue weighted by Gasteiger charge is 2.40. The number of hydrogen-bond donors (Lipinski definition) is 1. The predicted molar refractivity (Wildman–Crippen MR) is 78.2 cm³/mol. The molecule has 0 saturated carbocycles. The summed E-state index contributed by atoms with van der Waals surface area (Å²) in [6, 6.07) is 4.51. The number of hydrogen-bond acceptors (Lipinski definition) is 3. The van der Waals surface area contributed by atoms with Crippen molar-refractivity contribution >= 4 is 15.9 Å². The van der Waals surface area contributed by atoms with Gasteiger partial charge in [-0.3, -0.25) is 0 Å². The molecule has 0 spiro atoms. The van der Waals surface area contributed by atoms with E-state index in [9.17, 15) is 9.50 Å². The molecule has 112 valence electrons. The van der Waals surface area contributed by atoms with Crippen LogP contribution < -0.4 is 0 Å². The lowest BCUT2D eigenvalue weighted by Gasteiger charge is -2.40. The van der Waals surface area contributed by atoms with E-state index in [2.05, 4.69) is 15.9 Å². The SMILES string of the molecule is CCOC1(C(O)Cc2cc(F)ccc2Br)CCOCC1. The molecule has 1 aromatic carbocycles. The number of benzene rings is 1. The first-order valence-corrected chi connectivity index (χ1v) is 7.70. The van der Waals surface area contributed by atoms with Crippen LogP contribution in [0.3, 0.4) is 0 Å². The summed E-state index contributed by atoms with van der Waals surface area (Å²) < 4.78 is 25.3. The van der Waals surface area contributed by atoms with Crippen LogP contribution in [0.4, 0.5) is 4.39 Å². The third-order valence-electron chi connectivity index (χ3n) is 3.80. The van der Waals surface area contributed by atoms with Crippen molar-refractivity contribution in [2.45, 2.75) is 37.9 Å². The summed E-state index contributed by atoms with van der Waals surface area (Å²) in [5.74, 6) is -0.298. The second-order valence-electron chi connectivity index (χ2n) is 5.07. The molecular formula is C15H20BrFO3. The van der Waals surface area contributed by atoms with Crippen LogP contribution in [0.25, 0.3) is 0 Å². The van der Waals surface area contributed by atoms with Crippen LogP contribution in [0.2, 0.25) is 0 Å². The van der Waals surface area contributed by atoms with Crippen LogP contribution in [0.1, 0.15) is 25.3 Å². The molecule has 1 aliphatic rings. The van der Waals surface area contributed by atoms with Crippen molar-refractivity contribution in [1.82, 2.24) is 0 Å². The van der Waals surface area contributed by atoms with Gasteiger partial charge in [0.05, 0.1) is 11.7 Å². The van der Waals surface area contributed by atoms with Gasteiger partial charge < -0.3 is 14.6 Å². The molecular weight excluding hydrogens is 327 g/mol. The molecule has 1 N–H and O–H groups in total. The van der Waals surface area contributed by atoms with Gasteiger partial charge in [-0.1, -0.05) is 15.9 Å². The summed E-state index contributed by atoms with van der Waals surface area (Å²) in [5.41, 5.74) is 0.168. The van der Waals surface area contributed by atoms with Crippen molar-refractivity contribution in [3.8, 4) is 0 Å². The van der Waals surface area contributed by atoms with E-state index in [-0.39, 0.29) is 5.82 Å². The van der Waals surface area contributed by atoms with E-state index in [1.54, 1.807) is 6.07 Å². The van der Waals surface area contributed by atoms with Gasteiger partial charge in [0.1, 0.15) is 5.82 Å². The predicted octanol–water partition coefficient (Wildman–Crippen LogP) is 3.08. The monoisotopic (exact) mass is 346 g/mol. The topological polar surface area (TPSA) is 38.7 Å². The van der Waals surface area contributed by atoms with E-state index < -0.39 is 11.7 Å². The van der Waals surface area contributed by atoms with E-state index in [0.29, 0.717) is 39.1 Å². The number of ether oxygens (including phenoxy) is 2. The molecule has 1 aromatic rings. The fourth-order valence-corrected chi connectivity index (χ4v) is 3.08. The Balaban J connectivity index is 2.15. The maximum absolute atomic E-state index is 13.3. The van der Waals surface area contributed by atoms with Gasteiger partial charge in [-0.2, -0.15) is 0 Å². The zero-order valence-electron chi connectivity index (χ0n) is 11.6. The van der Waals surface area contributed by atoms with Crippen molar-refractivity contribution < 1.29 is 19.0 Å². The molecule has 2 rings (SSSR count). The summed E-state index contributed by atoms with van der Waals surface area (Å²) in [5, 5.41) is 10.6. The molecule has 3 nitrogen and oxygen atoms in total. The Bertz CT molecular complexity index is 441. The minimum atomic E-state index is -0.676. The Morgan fingerprint density at radius 3 is 2.80 bits per heavy atom. The molecule has 1 aliphatic heterocycles. The quantitative estimate of drug-likeness (QED) is 0.890. The largest absolute Gasteiger partial charge is 0.390 e. The zero-order chi connectivity index (χ0) is 14.6. The van der Waals surface area contributed by atoms with Gasteiger partial charge in [0.15, 0.2) is 0 Å². The van der Waals surface area contributed by atoms with Gasteiger partial charge in [-0.15, -0.1) is 0 Å². The molecule has 20 heavy (non-hydrogen) atoms. The summed E-state index contributed by atoms with van der Waals surface area (Å²) in [6.07, 6.45) is 1.01. The van der Waals surface area contributed by atoms with E-state index in [0.717, 1.165) is 10.0 Å². The molecule has 0 amide bonds. The Hall–Kier alpha value is -0.490. The normalized spacial score (nSPS) is 19.8. The first-order valence-electron chi connectivity index (χ1n) is 6.91. The molecule has 5 heteroatoms. The summed E-state index contributed by atoms with van der Waals surface area (Å²) in [6.45, 7) is 3.63. The number of aliphatic hydroxyl groups excluding tert-OH is 1. The van der Waals surface area contributed by atoms with E-state index >= 15 is 0 Å². The van der Waals surface area contributed by atoms with Crippen LogP contribution >= 0.6 is 15.9 Å². The van der Waals surface area contributed by atoms with Gasteiger partial charge in [0, 0.05) is 43.6 Å². The molecule has 1 unspecified atom stereocenters. The lowest BCUT2D eigenvalue weighted by Crippen LogP contribution is -2.50. The second-order valence-corrected chi connectivity index (χ2v) is 5.92. The standard InChI is InChI=1S/C15H20BrFO3/c1-2-20-15(5-7-19-8-6-15)14(18)10-11-9-12(17)3-4-13(11)16/h3-4,9,14,18H,2,5-8,10H2,1H3. The van der Waals surface area contributed by atoms with E-state index in [4.69, 9.17) is 9.47 Å². The third-order valence-corrected chi connectivity index (χ3v) is 4.57. The molecule has 0 radical (unpaired) electrons. The Labute approximate surface area is 127 Å². The van der Waals surface area contributed by atoms with Crippen molar-refractivity contribution in [3.63, 3.8) is 0 Å². The fourth-order valence-electron chi connectivity index (χ4n) is 2.67. The smallest absolute Gasteiger partial charge is 0.123 e. The van der Waals surface area contributed by atoms with E-state index in [1.807, 2.05) is 6.92 Å². The fraction of sp³-hybridized carbons (Fsp3) is 0.600. The average molecular weight is 347 g/mol. The van der Waals surface area contributed by atoms with Crippen molar-refractivity contribution in [1.29, 1.82) is 0 Å². The Morgan fingerprint density at radius 2 is 2.15 bits per heavy atom. The first-order chi connectivity index (χ1) is 9.57. The highest BCUT2D eigenvalue weighted by Crippen LogP contribution is 2.32. The van der Waals surface area contributed by atoms with Gasteiger partial charge in [-0.05, 0) is 30.7 Å². The van der Waals surface area contributed by atoms with Crippen molar-refractivity contribution in [2.24, 2.45) is 0 Å². The molecule has 0 aromatic heterocycles. The van der Waals surface area contributed by atoms with Crippen LogP contribution in [0.5, 0.6) is 0 Å². The molecule has 1 atom stereocenters. The number of halogens is 2. The van der Waals surface area contributed by atoms with Gasteiger partial charge in [-0.25, -0.2) is 4.39 Å². The van der Waals surface area contributed by atoms with Gasteiger partial charge >= 0.3 is 0 Å². The lowest BCUT2D eigenvalue weighted by atomic mass is 9.84. The van der Waals surface area contributed by atoms with Gasteiger partial charge in [0.25, 0.3) is 0 Å². The van der Waals surface area contributed by atoms with Crippen LogP contribution in [0, 0.1) is 5.82 Å². The highest BCUT2D eigenvalue weighted by molar-refractivity contribution is 9.10. The van der Waals surface area contributed by atoms with Crippen LogP contribution in [-0.4, -0.2) is 36.6 Å². The summed E-state index contributed by atoms with van der Waals surface area (Å²) in [7, 11) is 0. The minimum Gasteiger partial charge on any atom is -0.390 e. The molecule has 1 saturated heterocycles. The Kier molecular flexibility index (Phi) is 5.55. The highest BCUT2D eigenvalue weighted by atomic mass is 79.9. The second kappa shape index (κ2) is 6.98. The summed E-state index contributed by atoms with van der Waals surface area (Å²) in [4.78, 5) is 0. The number of rotatable bonds is 5. The Morgan fingerprint density at radius 1 is 1.45 bits per heavy atom. The molecule has 0 aliphatic carbocycles.